The number of amides is 3. The van der Waals surface area contributed by atoms with Gasteiger partial charge in [0.25, 0.3) is 0 Å². The lowest BCUT2D eigenvalue weighted by Crippen LogP contribution is -2.62. The van der Waals surface area contributed by atoms with Crippen LogP contribution < -0.4 is 16.0 Å². The van der Waals surface area contributed by atoms with E-state index in [1.54, 1.807) is 0 Å². The van der Waals surface area contributed by atoms with Gasteiger partial charge in [-0.05, 0) is 76.8 Å². The van der Waals surface area contributed by atoms with Crippen LogP contribution in [-0.2, 0) is 4.79 Å². The number of nitrogens with one attached hydrogen (secondary N) is 3. The van der Waals surface area contributed by atoms with Gasteiger partial charge in [-0.15, -0.1) is 0 Å². The van der Waals surface area contributed by atoms with Crippen molar-refractivity contribution >= 4 is 11.9 Å². The van der Waals surface area contributed by atoms with Gasteiger partial charge in [-0.1, -0.05) is 26.2 Å². The van der Waals surface area contributed by atoms with E-state index >= 15 is 0 Å². The predicted molar refractivity (Wildman–Crippen MR) is 127 cm³/mol. The van der Waals surface area contributed by atoms with Crippen LogP contribution in [0.5, 0.6) is 0 Å². The Morgan fingerprint density at radius 3 is 2.44 bits per heavy atom. The standard InChI is InChI=1S/C25H45N5O2/c1-16-10-11-19(28-25(32)27-18-8-6-5-7-9-18)13-20(16)21-12-17-15-26-23(29(2)3)14-22(17)30(4)24(21)31/h16-23,26H,5-15H2,1-4H3,(H2,27,28,32). The molecule has 7 heteroatoms. The molecule has 0 spiro atoms. The van der Waals surface area contributed by atoms with Crippen LogP contribution in [0, 0.1) is 23.7 Å². The molecule has 0 aromatic carbocycles. The van der Waals surface area contributed by atoms with Gasteiger partial charge in [-0.3, -0.25) is 9.69 Å². The highest BCUT2D eigenvalue weighted by Gasteiger charge is 2.47. The summed E-state index contributed by atoms with van der Waals surface area (Å²) in [4.78, 5) is 30.4. The first-order valence-corrected chi connectivity index (χ1v) is 13.1. The quantitative estimate of drug-likeness (QED) is 0.619. The molecule has 7 nitrogen and oxygen atoms in total. The summed E-state index contributed by atoms with van der Waals surface area (Å²) in [6.07, 6.45) is 11.3. The SMILES string of the molecule is CC1CCC(NC(=O)NC2CCCCC2)CC1C1CC2CNC(N(C)C)CC2N(C)C1=O. The molecule has 3 N–H and O–H groups in total. The fourth-order valence-corrected chi connectivity index (χ4v) is 6.95. The summed E-state index contributed by atoms with van der Waals surface area (Å²) in [6.45, 7) is 3.29. The maximum atomic E-state index is 13.5. The first-order valence-electron chi connectivity index (χ1n) is 13.1. The molecule has 2 saturated heterocycles. The average molecular weight is 448 g/mol. The molecule has 4 aliphatic rings. The van der Waals surface area contributed by atoms with Gasteiger partial charge in [-0.25, -0.2) is 4.79 Å². The van der Waals surface area contributed by atoms with Crippen molar-refractivity contribution in [2.24, 2.45) is 23.7 Å². The molecule has 0 aromatic rings. The minimum atomic E-state index is -0.00596. The second-order valence-corrected chi connectivity index (χ2v) is 11.3. The Morgan fingerprint density at radius 2 is 1.72 bits per heavy atom. The molecule has 2 saturated carbocycles. The van der Waals surface area contributed by atoms with Crippen LogP contribution in [0.25, 0.3) is 0 Å². The molecule has 2 aliphatic carbocycles. The van der Waals surface area contributed by atoms with E-state index in [2.05, 4.69) is 46.8 Å². The minimum Gasteiger partial charge on any atom is -0.342 e. The highest BCUT2D eigenvalue weighted by atomic mass is 16.2. The van der Waals surface area contributed by atoms with Crippen LogP contribution in [0.1, 0.15) is 71.1 Å². The number of hydrogen-bond donors (Lipinski definition) is 3. The molecule has 32 heavy (non-hydrogen) atoms. The van der Waals surface area contributed by atoms with Crippen LogP contribution in [0.4, 0.5) is 4.79 Å². The number of carbonyl (C=O) groups is 2. The van der Waals surface area contributed by atoms with E-state index in [1.807, 2.05) is 7.05 Å². The Balaban J connectivity index is 1.35. The van der Waals surface area contributed by atoms with E-state index in [-0.39, 0.29) is 18.0 Å². The number of fused-ring (bicyclic) bond motifs is 1. The maximum absolute atomic E-state index is 13.5. The summed E-state index contributed by atoms with van der Waals surface area (Å²) in [6, 6.07) is 0.839. The molecule has 182 valence electrons. The van der Waals surface area contributed by atoms with Gasteiger partial charge < -0.3 is 20.9 Å². The first-order chi connectivity index (χ1) is 15.3. The molecule has 7 unspecified atom stereocenters. The summed E-state index contributed by atoms with van der Waals surface area (Å²) in [5, 5.41) is 10.1. The fourth-order valence-electron chi connectivity index (χ4n) is 6.95. The highest BCUT2D eigenvalue weighted by molar-refractivity contribution is 5.80. The second-order valence-electron chi connectivity index (χ2n) is 11.3. The molecule has 0 radical (unpaired) electrons. The van der Waals surface area contributed by atoms with Crippen molar-refractivity contribution in [3.05, 3.63) is 0 Å². The second kappa shape index (κ2) is 10.3. The Kier molecular flexibility index (Phi) is 7.65. The zero-order chi connectivity index (χ0) is 22.8. The Bertz CT molecular complexity index is 665. The van der Waals surface area contributed by atoms with Crippen LogP contribution in [0.2, 0.25) is 0 Å². The van der Waals surface area contributed by atoms with Gasteiger partial charge >= 0.3 is 6.03 Å². The van der Waals surface area contributed by atoms with Gasteiger partial charge in [0.1, 0.15) is 0 Å². The summed E-state index contributed by atoms with van der Waals surface area (Å²) in [7, 11) is 6.23. The van der Waals surface area contributed by atoms with Crippen molar-refractivity contribution in [1.29, 1.82) is 0 Å². The molecule has 4 rings (SSSR count). The fraction of sp³-hybridized carbons (Fsp3) is 0.920. The van der Waals surface area contributed by atoms with Crippen molar-refractivity contribution < 1.29 is 9.59 Å². The van der Waals surface area contributed by atoms with Crippen molar-refractivity contribution in [2.75, 3.05) is 27.7 Å². The van der Waals surface area contributed by atoms with Crippen LogP contribution in [-0.4, -0.2) is 73.7 Å². The summed E-state index contributed by atoms with van der Waals surface area (Å²) < 4.78 is 0. The van der Waals surface area contributed by atoms with E-state index in [0.29, 0.717) is 41.9 Å². The Labute approximate surface area is 194 Å². The largest absolute Gasteiger partial charge is 0.342 e. The van der Waals surface area contributed by atoms with Crippen molar-refractivity contribution in [3.8, 4) is 0 Å². The third kappa shape index (κ3) is 5.24. The topological polar surface area (TPSA) is 76.7 Å². The van der Waals surface area contributed by atoms with E-state index < -0.39 is 0 Å². The monoisotopic (exact) mass is 447 g/mol. The molecule has 3 amide bonds. The number of likely N-dealkylation sites (tertiary alicyclic amines) is 1. The lowest BCUT2D eigenvalue weighted by Gasteiger charge is -2.51. The third-order valence-corrected chi connectivity index (χ3v) is 9.02. The van der Waals surface area contributed by atoms with Gasteiger partial charge in [0, 0.05) is 37.6 Å². The zero-order valence-corrected chi connectivity index (χ0v) is 20.6. The number of urea groups is 1. The molecule has 0 aromatic heterocycles. The smallest absolute Gasteiger partial charge is 0.315 e. The van der Waals surface area contributed by atoms with Gasteiger partial charge in [0.05, 0.1) is 6.17 Å². The molecule has 0 bridgehead atoms. The molecule has 7 atom stereocenters. The lowest BCUT2D eigenvalue weighted by molar-refractivity contribution is -0.149. The van der Waals surface area contributed by atoms with Crippen molar-refractivity contribution in [3.63, 3.8) is 0 Å². The van der Waals surface area contributed by atoms with E-state index in [0.717, 1.165) is 51.5 Å². The molecule has 4 fully saturated rings. The average Bonchev–Trinajstić information content (AvgIpc) is 2.78. The molecule has 2 heterocycles. The van der Waals surface area contributed by atoms with Gasteiger partial charge in [0.2, 0.25) is 5.91 Å². The number of rotatable bonds is 4. The van der Waals surface area contributed by atoms with Crippen LogP contribution in [0.3, 0.4) is 0 Å². The van der Waals surface area contributed by atoms with Gasteiger partial charge in [0.15, 0.2) is 0 Å². The zero-order valence-electron chi connectivity index (χ0n) is 20.6. The van der Waals surface area contributed by atoms with Crippen molar-refractivity contribution in [2.45, 2.75) is 95.4 Å². The normalized spacial score (nSPS) is 39.0. The van der Waals surface area contributed by atoms with E-state index in [1.165, 1.54) is 19.3 Å². The Morgan fingerprint density at radius 1 is 1.00 bits per heavy atom. The van der Waals surface area contributed by atoms with Crippen LogP contribution in [0.15, 0.2) is 0 Å². The summed E-state index contributed by atoms with van der Waals surface area (Å²) in [5.41, 5.74) is 0. The molecular weight excluding hydrogens is 402 g/mol. The molecule has 2 aliphatic heterocycles. The van der Waals surface area contributed by atoms with Crippen molar-refractivity contribution in [1.82, 2.24) is 25.8 Å². The maximum Gasteiger partial charge on any atom is 0.315 e. The number of hydrogen-bond acceptors (Lipinski definition) is 4. The highest BCUT2D eigenvalue weighted by Crippen LogP contribution is 2.43. The number of piperidine rings is 2. The minimum absolute atomic E-state index is 0.00596. The Hall–Kier alpha value is -1.34. The lowest BCUT2D eigenvalue weighted by atomic mass is 9.66. The summed E-state index contributed by atoms with van der Waals surface area (Å²) >= 11 is 0. The van der Waals surface area contributed by atoms with E-state index in [4.69, 9.17) is 0 Å². The van der Waals surface area contributed by atoms with Crippen LogP contribution >= 0.6 is 0 Å². The predicted octanol–water partition coefficient (Wildman–Crippen LogP) is 2.77. The summed E-state index contributed by atoms with van der Waals surface area (Å²) in [5.74, 6) is 1.81. The van der Waals surface area contributed by atoms with Gasteiger partial charge in [-0.2, -0.15) is 0 Å². The third-order valence-electron chi connectivity index (χ3n) is 9.02. The van der Waals surface area contributed by atoms with E-state index in [9.17, 15) is 9.59 Å². The first kappa shape index (κ1) is 23.8. The number of carbonyl (C=O) groups excluding carboxylic acids is 2. The molecular formula is C25H45N5O2. The number of nitrogens with zero attached hydrogens (tertiary/aromatic N) is 2.